The van der Waals surface area contributed by atoms with E-state index >= 15 is 0 Å². The first-order chi connectivity index (χ1) is 6.90. The first-order valence-electron chi connectivity index (χ1n) is 6.22. The summed E-state index contributed by atoms with van der Waals surface area (Å²) in [4.78, 5) is 2.66. The van der Waals surface area contributed by atoms with Crippen LogP contribution in [0, 0.1) is 5.92 Å². The predicted molar refractivity (Wildman–Crippen MR) is 58.4 cm³/mol. The molecule has 2 heteroatoms. The quantitative estimate of drug-likeness (QED) is 0.673. The van der Waals surface area contributed by atoms with Crippen LogP contribution in [-0.4, -0.2) is 37.2 Å². The first-order valence-corrected chi connectivity index (χ1v) is 6.22. The highest BCUT2D eigenvalue weighted by molar-refractivity contribution is 4.80. The average Bonchev–Trinajstić information content (AvgIpc) is 2.30. The van der Waals surface area contributed by atoms with E-state index < -0.39 is 0 Å². The van der Waals surface area contributed by atoms with Gasteiger partial charge < -0.3 is 4.74 Å². The van der Waals surface area contributed by atoms with Crippen molar-refractivity contribution in [2.45, 2.75) is 45.1 Å². The van der Waals surface area contributed by atoms with Gasteiger partial charge in [-0.05, 0) is 18.8 Å². The van der Waals surface area contributed by atoms with Crippen molar-refractivity contribution in [1.29, 1.82) is 0 Å². The molecule has 1 saturated carbocycles. The van der Waals surface area contributed by atoms with Crippen LogP contribution in [0.25, 0.3) is 0 Å². The lowest BCUT2D eigenvalue weighted by molar-refractivity contribution is 0.00274. The molecular formula is C12H23NO. The molecule has 2 atom stereocenters. The van der Waals surface area contributed by atoms with Crippen LogP contribution >= 0.6 is 0 Å². The van der Waals surface area contributed by atoms with Gasteiger partial charge >= 0.3 is 0 Å². The maximum Gasteiger partial charge on any atom is 0.0594 e. The number of rotatable bonds is 2. The maximum absolute atomic E-state index is 5.40. The normalized spacial score (nSPS) is 35.8. The Morgan fingerprint density at radius 3 is 2.71 bits per heavy atom. The van der Waals surface area contributed by atoms with E-state index in [1.54, 1.807) is 0 Å². The van der Waals surface area contributed by atoms with Gasteiger partial charge in [-0.3, -0.25) is 4.90 Å². The van der Waals surface area contributed by atoms with Crippen LogP contribution < -0.4 is 0 Å². The molecule has 0 aromatic carbocycles. The van der Waals surface area contributed by atoms with Crippen LogP contribution in [0.15, 0.2) is 0 Å². The van der Waals surface area contributed by atoms with Crippen molar-refractivity contribution in [2.24, 2.45) is 5.92 Å². The van der Waals surface area contributed by atoms with E-state index in [1.165, 1.54) is 45.2 Å². The molecule has 2 unspecified atom stereocenters. The smallest absolute Gasteiger partial charge is 0.0594 e. The van der Waals surface area contributed by atoms with Crippen molar-refractivity contribution in [3.63, 3.8) is 0 Å². The predicted octanol–water partition coefficient (Wildman–Crippen LogP) is 2.29. The van der Waals surface area contributed by atoms with E-state index in [0.29, 0.717) is 0 Å². The molecule has 14 heavy (non-hydrogen) atoms. The average molecular weight is 197 g/mol. The highest BCUT2D eigenvalue weighted by Crippen LogP contribution is 2.29. The highest BCUT2D eigenvalue weighted by Gasteiger charge is 2.26. The lowest BCUT2D eigenvalue weighted by Gasteiger charge is -2.39. The highest BCUT2D eigenvalue weighted by atomic mass is 16.5. The second kappa shape index (κ2) is 5.13. The molecule has 2 rings (SSSR count). The second-order valence-electron chi connectivity index (χ2n) is 4.74. The number of hydrogen-bond acceptors (Lipinski definition) is 2. The zero-order chi connectivity index (χ0) is 9.80. The third kappa shape index (κ3) is 2.48. The Labute approximate surface area is 87.6 Å². The minimum absolute atomic E-state index is 0.873. The number of ether oxygens (including phenoxy) is 1. The molecule has 82 valence electrons. The van der Waals surface area contributed by atoms with E-state index in [1.807, 2.05) is 0 Å². The zero-order valence-electron chi connectivity index (χ0n) is 9.37. The topological polar surface area (TPSA) is 12.5 Å². The van der Waals surface area contributed by atoms with Crippen LogP contribution in [0.2, 0.25) is 0 Å². The molecule has 2 aliphatic rings. The Kier molecular flexibility index (Phi) is 3.82. The number of nitrogens with zero attached hydrogens (tertiary/aromatic N) is 1. The standard InChI is InChI=1S/C12H23NO/c1-2-11-4-3-5-12(10-11)13-6-8-14-9-7-13/h11-12H,2-10H2,1H3. The van der Waals surface area contributed by atoms with Crippen molar-refractivity contribution in [3.05, 3.63) is 0 Å². The fourth-order valence-electron chi connectivity index (χ4n) is 2.91. The molecule has 1 aliphatic heterocycles. The Bertz CT molecular complexity index is 166. The molecule has 0 radical (unpaired) electrons. The van der Waals surface area contributed by atoms with Crippen LogP contribution in [-0.2, 0) is 4.74 Å². The summed E-state index contributed by atoms with van der Waals surface area (Å²) in [5.41, 5.74) is 0. The van der Waals surface area contributed by atoms with Gasteiger partial charge in [0, 0.05) is 19.1 Å². The first kappa shape index (κ1) is 10.4. The van der Waals surface area contributed by atoms with Gasteiger partial charge in [0.25, 0.3) is 0 Å². The lowest BCUT2D eigenvalue weighted by atomic mass is 9.83. The Morgan fingerprint density at radius 1 is 1.21 bits per heavy atom. The fraction of sp³-hybridized carbons (Fsp3) is 1.00. The molecule has 2 nitrogen and oxygen atoms in total. The van der Waals surface area contributed by atoms with E-state index in [0.717, 1.165) is 25.2 Å². The third-order valence-corrected chi connectivity index (χ3v) is 3.89. The van der Waals surface area contributed by atoms with Gasteiger partial charge in [-0.2, -0.15) is 0 Å². The summed E-state index contributed by atoms with van der Waals surface area (Å²) in [5, 5.41) is 0. The van der Waals surface area contributed by atoms with Gasteiger partial charge in [0.15, 0.2) is 0 Å². The molecule has 0 spiro atoms. The van der Waals surface area contributed by atoms with Gasteiger partial charge in [0.05, 0.1) is 13.2 Å². The number of morpholine rings is 1. The molecule has 0 amide bonds. The molecule has 0 bridgehead atoms. The summed E-state index contributed by atoms with van der Waals surface area (Å²) in [7, 11) is 0. The summed E-state index contributed by atoms with van der Waals surface area (Å²) >= 11 is 0. The van der Waals surface area contributed by atoms with Gasteiger partial charge in [-0.15, -0.1) is 0 Å². The van der Waals surface area contributed by atoms with Gasteiger partial charge in [-0.1, -0.05) is 26.2 Å². The van der Waals surface area contributed by atoms with Crippen molar-refractivity contribution in [1.82, 2.24) is 4.90 Å². The monoisotopic (exact) mass is 197 g/mol. The third-order valence-electron chi connectivity index (χ3n) is 3.89. The van der Waals surface area contributed by atoms with Gasteiger partial charge in [-0.25, -0.2) is 0 Å². The van der Waals surface area contributed by atoms with Crippen LogP contribution in [0.5, 0.6) is 0 Å². The summed E-state index contributed by atoms with van der Waals surface area (Å²) in [6.07, 6.45) is 7.16. The molecular weight excluding hydrogens is 174 g/mol. The minimum atomic E-state index is 0.873. The molecule has 0 N–H and O–H groups in total. The second-order valence-corrected chi connectivity index (χ2v) is 4.74. The number of hydrogen-bond donors (Lipinski definition) is 0. The largest absolute Gasteiger partial charge is 0.379 e. The SMILES string of the molecule is CCC1CCCC(N2CCOCC2)C1. The molecule has 0 aromatic heterocycles. The van der Waals surface area contributed by atoms with Gasteiger partial charge in [0.2, 0.25) is 0 Å². The molecule has 1 saturated heterocycles. The van der Waals surface area contributed by atoms with Crippen molar-refractivity contribution in [3.8, 4) is 0 Å². The Morgan fingerprint density at radius 2 is 2.00 bits per heavy atom. The summed E-state index contributed by atoms with van der Waals surface area (Å²) in [5.74, 6) is 0.997. The summed E-state index contributed by atoms with van der Waals surface area (Å²) in [6.45, 7) is 6.58. The fourth-order valence-corrected chi connectivity index (χ4v) is 2.91. The van der Waals surface area contributed by atoms with E-state index in [4.69, 9.17) is 4.74 Å². The zero-order valence-corrected chi connectivity index (χ0v) is 9.37. The molecule has 1 aliphatic carbocycles. The molecule has 2 fully saturated rings. The Balaban J connectivity index is 1.83. The van der Waals surface area contributed by atoms with Gasteiger partial charge in [0.1, 0.15) is 0 Å². The van der Waals surface area contributed by atoms with Crippen molar-refractivity contribution < 1.29 is 4.74 Å². The van der Waals surface area contributed by atoms with E-state index in [2.05, 4.69) is 11.8 Å². The maximum atomic E-state index is 5.40. The minimum Gasteiger partial charge on any atom is -0.379 e. The molecule has 0 aromatic rings. The van der Waals surface area contributed by atoms with Crippen LogP contribution in [0.3, 0.4) is 0 Å². The Hall–Kier alpha value is -0.0800. The van der Waals surface area contributed by atoms with Crippen molar-refractivity contribution >= 4 is 0 Å². The lowest BCUT2D eigenvalue weighted by Crippen LogP contribution is -2.45. The summed E-state index contributed by atoms with van der Waals surface area (Å²) < 4.78 is 5.40. The van der Waals surface area contributed by atoms with E-state index in [-0.39, 0.29) is 0 Å². The summed E-state index contributed by atoms with van der Waals surface area (Å²) in [6, 6.07) is 0.873. The molecule has 1 heterocycles. The van der Waals surface area contributed by atoms with Crippen LogP contribution in [0.4, 0.5) is 0 Å². The van der Waals surface area contributed by atoms with Crippen LogP contribution in [0.1, 0.15) is 39.0 Å². The van der Waals surface area contributed by atoms with Crippen molar-refractivity contribution in [2.75, 3.05) is 26.3 Å². The van der Waals surface area contributed by atoms with E-state index in [9.17, 15) is 0 Å².